The van der Waals surface area contributed by atoms with E-state index >= 15 is 0 Å². The molecule has 0 atom stereocenters. The van der Waals surface area contributed by atoms with Crippen LogP contribution in [0.1, 0.15) is 15.9 Å². The molecule has 0 bridgehead atoms. The average Bonchev–Trinajstić information content (AvgIpc) is 3.31. The summed E-state index contributed by atoms with van der Waals surface area (Å²) in [6.45, 7) is 3.11. The van der Waals surface area contributed by atoms with Crippen molar-refractivity contribution in [3.8, 4) is 0 Å². The highest BCUT2D eigenvalue weighted by Crippen LogP contribution is 2.29. The number of benzene rings is 2. The number of carbonyl (C=O) groups is 1. The van der Waals surface area contributed by atoms with Crippen molar-refractivity contribution >= 4 is 32.6 Å². The van der Waals surface area contributed by atoms with E-state index in [2.05, 4.69) is 10.1 Å². The van der Waals surface area contributed by atoms with Gasteiger partial charge in [-0.05, 0) is 37.3 Å². The second-order valence-corrected chi connectivity index (χ2v) is 7.07. The summed E-state index contributed by atoms with van der Waals surface area (Å²) in [5.74, 6) is -0.0417. The molecular formula is C20H18N4OS. The van der Waals surface area contributed by atoms with E-state index in [1.165, 1.54) is 11.3 Å². The normalized spacial score (nSPS) is 11.0. The third-order valence-electron chi connectivity index (χ3n) is 4.14. The van der Waals surface area contributed by atoms with Gasteiger partial charge in [0.2, 0.25) is 0 Å². The van der Waals surface area contributed by atoms with Crippen LogP contribution in [-0.2, 0) is 6.54 Å². The summed E-state index contributed by atoms with van der Waals surface area (Å²) in [6, 6.07) is 17.5. The molecule has 1 amide bonds. The molecule has 4 rings (SSSR count). The van der Waals surface area contributed by atoms with Crippen LogP contribution in [0, 0.1) is 6.92 Å². The van der Waals surface area contributed by atoms with Crippen LogP contribution in [0.25, 0.3) is 10.2 Å². The predicted molar refractivity (Wildman–Crippen MR) is 105 cm³/mol. The Labute approximate surface area is 155 Å². The summed E-state index contributed by atoms with van der Waals surface area (Å²) >= 11 is 1.53. The second kappa shape index (κ2) is 7.09. The molecular weight excluding hydrogens is 344 g/mol. The summed E-state index contributed by atoms with van der Waals surface area (Å²) in [7, 11) is 0. The van der Waals surface area contributed by atoms with Crippen LogP contribution in [-0.4, -0.2) is 27.2 Å². The van der Waals surface area contributed by atoms with Crippen LogP contribution >= 0.6 is 11.3 Å². The van der Waals surface area contributed by atoms with Crippen molar-refractivity contribution < 1.29 is 4.79 Å². The molecule has 2 aromatic carbocycles. The molecule has 0 aliphatic heterocycles. The monoisotopic (exact) mass is 362 g/mol. The molecule has 5 nitrogen and oxygen atoms in total. The molecule has 6 heteroatoms. The Bertz CT molecular complexity index is 1010. The van der Waals surface area contributed by atoms with Gasteiger partial charge in [-0.1, -0.05) is 41.2 Å². The molecule has 0 spiro atoms. The molecule has 0 saturated carbocycles. The zero-order valence-electron chi connectivity index (χ0n) is 14.4. The minimum Gasteiger partial charge on any atom is -0.282 e. The number of nitrogens with zero attached hydrogens (tertiary/aromatic N) is 4. The third-order valence-corrected chi connectivity index (χ3v) is 5.19. The fourth-order valence-corrected chi connectivity index (χ4v) is 3.82. The van der Waals surface area contributed by atoms with E-state index < -0.39 is 0 Å². The quantitative estimate of drug-likeness (QED) is 0.536. The van der Waals surface area contributed by atoms with Crippen molar-refractivity contribution in [3.63, 3.8) is 0 Å². The predicted octanol–water partition coefficient (Wildman–Crippen LogP) is 4.15. The van der Waals surface area contributed by atoms with E-state index in [0.29, 0.717) is 23.8 Å². The summed E-state index contributed by atoms with van der Waals surface area (Å²) in [5.41, 5.74) is 2.64. The Balaban J connectivity index is 1.69. The highest BCUT2D eigenvalue weighted by molar-refractivity contribution is 7.22. The number of amides is 1. The molecule has 2 heterocycles. The molecule has 0 saturated heterocycles. The second-order valence-electron chi connectivity index (χ2n) is 6.06. The summed E-state index contributed by atoms with van der Waals surface area (Å²) < 4.78 is 2.90. The van der Waals surface area contributed by atoms with Gasteiger partial charge in [-0.25, -0.2) is 4.98 Å². The van der Waals surface area contributed by atoms with Gasteiger partial charge < -0.3 is 0 Å². The SMILES string of the molecule is Cc1cccc(C(=O)N(CCn2cccn2)c2nc3ccccc3s2)c1. The Morgan fingerprint density at radius 2 is 2.04 bits per heavy atom. The first-order valence-corrected chi connectivity index (χ1v) is 9.24. The van der Waals surface area contributed by atoms with Gasteiger partial charge in [-0.2, -0.15) is 5.10 Å². The topological polar surface area (TPSA) is 51.0 Å². The third kappa shape index (κ3) is 3.36. The number of fused-ring (bicyclic) bond motifs is 1. The summed E-state index contributed by atoms with van der Waals surface area (Å²) in [5, 5.41) is 4.95. The maximum atomic E-state index is 13.2. The lowest BCUT2D eigenvalue weighted by Gasteiger charge is -2.20. The highest BCUT2D eigenvalue weighted by atomic mass is 32.1. The molecule has 0 aliphatic carbocycles. The van der Waals surface area contributed by atoms with Crippen molar-refractivity contribution in [2.75, 3.05) is 11.4 Å². The van der Waals surface area contributed by atoms with Crippen molar-refractivity contribution in [1.82, 2.24) is 14.8 Å². The molecule has 0 aliphatic rings. The molecule has 0 radical (unpaired) electrons. The Morgan fingerprint density at radius 3 is 2.81 bits per heavy atom. The highest BCUT2D eigenvalue weighted by Gasteiger charge is 2.21. The van der Waals surface area contributed by atoms with Gasteiger partial charge in [-0.3, -0.25) is 14.4 Å². The van der Waals surface area contributed by atoms with E-state index in [1.54, 1.807) is 11.1 Å². The number of aryl methyl sites for hydroxylation is 1. The van der Waals surface area contributed by atoms with Crippen molar-refractivity contribution in [2.45, 2.75) is 13.5 Å². The van der Waals surface area contributed by atoms with Crippen LogP contribution < -0.4 is 4.90 Å². The number of hydrogen-bond acceptors (Lipinski definition) is 4. The maximum Gasteiger partial charge on any atom is 0.260 e. The van der Waals surface area contributed by atoms with E-state index in [4.69, 9.17) is 0 Å². The zero-order valence-corrected chi connectivity index (χ0v) is 15.2. The van der Waals surface area contributed by atoms with Gasteiger partial charge in [0.25, 0.3) is 5.91 Å². The number of hydrogen-bond donors (Lipinski definition) is 0. The van der Waals surface area contributed by atoms with Gasteiger partial charge in [-0.15, -0.1) is 0 Å². The van der Waals surface area contributed by atoms with E-state index in [1.807, 2.05) is 72.4 Å². The molecule has 0 N–H and O–H groups in total. The van der Waals surface area contributed by atoms with Gasteiger partial charge in [0.15, 0.2) is 5.13 Å². The van der Waals surface area contributed by atoms with Crippen molar-refractivity contribution in [2.24, 2.45) is 0 Å². The largest absolute Gasteiger partial charge is 0.282 e. The van der Waals surface area contributed by atoms with Crippen molar-refractivity contribution in [1.29, 1.82) is 0 Å². The van der Waals surface area contributed by atoms with Crippen LogP contribution in [0.3, 0.4) is 0 Å². The Morgan fingerprint density at radius 1 is 1.15 bits per heavy atom. The van der Waals surface area contributed by atoms with Crippen LogP contribution in [0.4, 0.5) is 5.13 Å². The first-order valence-electron chi connectivity index (χ1n) is 8.42. The standard InChI is InChI=1S/C20H18N4OS/c1-15-6-4-7-16(14-15)19(25)24(13-12-23-11-5-10-21-23)20-22-17-8-2-3-9-18(17)26-20/h2-11,14H,12-13H2,1H3. The Hall–Kier alpha value is -2.99. The maximum absolute atomic E-state index is 13.2. The number of aromatic nitrogens is 3. The zero-order chi connectivity index (χ0) is 17.9. The molecule has 0 unspecified atom stereocenters. The lowest BCUT2D eigenvalue weighted by molar-refractivity contribution is 0.0985. The van der Waals surface area contributed by atoms with Gasteiger partial charge in [0.05, 0.1) is 16.8 Å². The molecule has 0 fully saturated rings. The smallest absolute Gasteiger partial charge is 0.260 e. The van der Waals surface area contributed by atoms with Gasteiger partial charge >= 0.3 is 0 Å². The van der Waals surface area contributed by atoms with Gasteiger partial charge in [0, 0.05) is 24.5 Å². The first kappa shape index (κ1) is 16.5. The van der Waals surface area contributed by atoms with Crippen LogP contribution in [0.2, 0.25) is 0 Å². The number of carbonyl (C=O) groups excluding carboxylic acids is 1. The lowest BCUT2D eigenvalue weighted by atomic mass is 10.1. The minimum atomic E-state index is -0.0417. The molecule has 2 aromatic heterocycles. The minimum absolute atomic E-state index is 0.0417. The number of anilines is 1. The van der Waals surface area contributed by atoms with Crippen LogP contribution in [0.15, 0.2) is 67.0 Å². The molecule has 130 valence electrons. The first-order chi connectivity index (χ1) is 12.7. The fraction of sp³-hybridized carbons (Fsp3) is 0.150. The molecule has 26 heavy (non-hydrogen) atoms. The molecule has 4 aromatic rings. The number of thiazole rings is 1. The van der Waals surface area contributed by atoms with Crippen molar-refractivity contribution in [3.05, 3.63) is 78.1 Å². The van der Waals surface area contributed by atoms with Gasteiger partial charge in [0.1, 0.15) is 0 Å². The fourth-order valence-electron chi connectivity index (χ4n) is 2.83. The summed E-state index contributed by atoms with van der Waals surface area (Å²) in [6.07, 6.45) is 3.64. The Kier molecular flexibility index (Phi) is 4.50. The number of rotatable bonds is 5. The van der Waals surface area contributed by atoms with E-state index in [-0.39, 0.29) is 5.91 Å². The lowest BCUT2D eigenvalue weighted by Crippen LogP contribution is -2.34. The van der Waals surface area contributed by atoms with E-state index in [9.17, 15) is 4.79 Å². The van der Waals surface area contributed by atoms with E-state index in [0.717, 1.165) is 15.8 Å². The summed E-state index contributed by atoms with van der Waals surface area (Å²) in [4.78, 5) is 19.6. The number of para-hydroxylation sites is 1. The average molecular weight is 362 g/mol. The van der Waals surface area contributed by atoms with Crippen LogP contribution in [0.5, 0.6) is 0 Å².